The van der Waals surface area contributed by atoms with Gasteiger partial charge in [-0.15, -0.1) is 11.3 Å². The van der Waals surface area contributed by atoms with E-state index in [9.17, 15) is 4.79 Å². The summed E-state index contributed by atoms with van der Waals surface area (Å²) in [5.41, 5.74) is 1.93. The van der Waals surface area contributed by atoms with E-state index in [-0.39, 0.29) is 0 Å². The molecule has 0 saturated carbocycles. The Morgan fingerprint density at radius 1 is 1.29 bits per heavy atom. The predicted molar refractivity (Wildman–Crippen MR) is 120 cm³/mol. The summed E-state index contributed by atoms with van der Waals surface area (Å²) >= 11 is 1.54. The SMILES string of the molecule is CNCCNc1c(C=O)sc2ccc3nc(N4CCC(C(C)C)C4)ccc3c12. The molecule has 0 radical (unpaired) electrons. The van der Waals surface area contributed by atoms with Gasteiger partial charge in [0, 0.05) is 41.7 Å². The second kappa shape index (κ2) is 8.05. The maximum atomic E-state index is 11.6. The van der Waals surface area contributed by atoms with Crippen molar-refractivity contribution in [3.63, 3.8) is 0 Å². The van der Waals surface area contributed by atoms with Crippen LogP contribution in [-0.4, -0.2) is 44.5 Å². The molecule has 0 spiro atoms. The Morgan fingerprint density at radius 2 is 2.14 bits per heavy atom. The highest BCUT2D eigenvalue weighted by atomic mass is 32.1. The minimum Gasteiger partial charge on any atom is -0.382 e. The zero-order valence-electron chi connectivity index (χ0n) is 16.8. The summed E-state index contributed by atoms with van der Waals surface area (Å²) in [6.07, 6.45) is 2.19. The third kappa shape index (κ3) is 3.47. The van der Waals surface area contributed by atoms with Gasteiger partial charge in [0.25, 0.3) is 0 Å². The van der Waals surface area contributed by atoms with E-state index < -0.39 is 0 Å². The van der Waals surface area contributed by atoms with Crippen molar-refractivity contribution in [1.29, 1.82) is 0 Å². The Kier molecular flexibility index (Phi) is 5.51. The van der Waals surface area contributed by atoms with E-state index >= 15 is 0 Å². The molecule has 28 heavy (non-hydrogen) atoms. The Bertz CT molecular complexity index is 997. The molecule has 2 aromatic heterocycles. The molecular weight excluding hydrogens is 368 g/mol. The molecule has 1 saturated heterocycles. The lowest BCUT2D eigenvalue weighted by molar-refractivity contribution is 0.112. The largest absolute Gasteiger partial charge is 0.382 e. The maximum absolute atomic E-state index is 11.6. The molecule has 1 atom stereocenters. The highest BCUT2D eigenvalue weighted by Crippen LogP contribution is 2.40. The smallest absolute Gasteiger partial charge is 0.162 e. The predicted octanol–water partition coefficient (Wildman–Crippen LogP) is 4.38. The van der Waals surface area contributed by atoms with Crippen molar-refractivity contribution in [3.05, 3.63) is 29.1 Å². The average Bonchev–Trinajstić information content (AvgIpc) is 3.33. The van der Waals surface area contributed by atoms with Gasteiger partial charge in [0.1, 0.15) is 5.82 Å². The van der Waals surface area contributed by atoms with Crippen LogP contribution >= 0.6 is 11.3 Å². The lowest BCUT2D eigenvalue weighted by Gasteiger charge is -2.19. The molecule has 0 aliphatic carbocycles. The number of rotatable bonds is 7. The number of benzene rings is 1. The molecule has 1 fully saturated rings. The van der Waals surface area contributed by atoms with Crippen LogP contribution < -0.4 is 15.5 Å². The van der Waals surface area contributed by atoms with Gasteiger partial charge in [-0.05, 0) is 49.6 Å². The van der Waals surface area contributed by atoms with Crippen LogP contribution in [0.3, 0.4) is 0 Å². The second-order valence-electron chi connectivity index (χ2n) is 7.90. The topological polar surface area (TPSA) is 57.3 Å². The van der Waals surface area contributed by atoms with E-state index in [1.54, 1.807) is 11.3 Å². The number of likely N-dealkylation sites (N-methyl/N-ethyl adjacent to an activating group) is 1. The van der Waals surface area contributed by atoms with E-state index in [0.29, 0.717) is 5.92 Å². The molecule has 1 aliphatic heterocycles. The standard InChI is InChI=1S/C22H28N4OS/c1-14(2)15-8-11-26(12-15)20-7-4-16-17(25-20)5-6-18-21(16)22(19(13-27)28-18)24-10-9-23-3/h4-7,13-15,23-24H,8-12H2,1-3H3. The van der Waals surface area contributed by atoms with Crippen LogP contribution in [0.4, 0.5) is 11.5 Å². The molecule has 2 N–H and O–H groups in total. The first-order valence-corrected chi connectivity index (χ1v) is 10.9. The molecule has 1 unspecified atom stereocenters. The van der Waals surface area contributed by atoms with Gasteiger partial charge in [0.05, 0.1) is 16.1 Å². The van der Waals surface area contributed by atoms with E-state index in [0.717, 1.165) is 75.8 Å². The Hall–Kier alpha value is -2.18. The van der Waals surface area contributed by atoms with Gasteiger partial charge >= 0.3 is 0 Å². The summed E-state index contributed by atoms with van der Waals surface area (Å²) in [5, 5.41) is 8.81. The molecule has 5 nitrogen and oxygen atoms in total. The monoisotopic (exact) mass is 396 g/mol. The fourth-order valence-corrected chi connectivity index (χ4v) is 5.11. The molecule has 3 heterocycles. The molecule has 0 amide bonds. The number of carbonyl (C=O) groups excluding carboxylic acids is 1. The number of hydrogen-bond acceptors (Lipinski definition) is 6. The van der Waals surface area contributed by atoms with Gasteiger partial charge in [-0.3, -0.25) is 4.79 Å². The number of pyridine rings is 1. The molecule has 1 aliphatic rings. The first kappa shape index (κ1) is 19.2. The fourth-order valence-electron chi connectivity index (χ4n) is 4.10. The lowest BCUT2D eigenvalue weighted by Crippen LogP contribution is -2.22. The minimum atomic E-state index is 0.712. The van der Waals surface area contributed by atoms with Crippen LogP contribution in [-0.2, 0) is 0 Å². The van der Waals surface area contributed by atoms with E-state index in [1.807, 2.05) is 7.05 Å². The third-order valence-corrected chi connectivity index (χ3v) is 6.89. The van der Waals surface area contributed by atoms with Gasteiger partial charge in [-0.1, -0.05) is 13.8 Å². The highest BCUT2D eigenvalue weighted by Gasteiger charge is 2.26. The van der Waals surface area contributed by atoms with Crippen LogP contribution in [0, 0.1) is 11.8 Å². The summed E-state index contributed by atoms with van der Waals surface area (Å²) in [7, 11) is 1.93. The Balaban J connectivity index is 1.73. The average molecular weight is 397 g/mol. The number of hydrogen-bond donors (Lipinski definition) is 2. The number of thiophene rings is 1. The molecule has 3 aromatic rings. The molecule has 0 bridgehead atoms. The summed E-state index contributed by atoms with van der Waals surface area (Å²) in [6, 6.07) is 8.49. The first-order valence-electron chi connectivity index (χ1n) is 10.1. The Morgan fingerprint density at radius 3 is 2.86 bits per heavy atom. The van der Waals surface area contributed by atoms with Gasteiger partial charge in [0.2, 0.25) is 0 Å². The molecule has 6 heteroatoms. The minimum absolute atomic E-state index is 0.712. The lowest BCUT2D eigenvalue weighted by atomic mass is 9.95. The van der Waals surface area contributed by atoms with Crippen molar-refractivity contribution in [3.8, 4) is 0 Å². The summed E-state index contributed by atoms with van der Waals surface area (Å²) in [6.45, 7) is 8.40. The van der Waals surface area contributed by atoms with E-state index in [1.165, 1.54) is 6.42 Å². The van der Waals surface area contributed by atoms with Crippen molar-refractivity contribution in [2.24, 2.45) is 11.8 Å². The second-order valence-corrected chi connectivity index (χ2v) is 8.99. The van der Waals surface area contributed by atoms with Crippen molar-refractivity contribution in [1.82, 2.24) is 10.3 Å². The number of anilines is 2. The van der Waals surface area contributed by atoms with Crippen LogP contribution in [0.2, 0.25) is 0 Å². The zero-order valence-corrected chi connectivity index (χ0v) is 17.6. The van der Waals surface area contributed by atoms with Crippen LogP contribution in [0.1, 0.15) is 29.9 Å². The van der Waals surface area contributed by atoms with Crippen molar-refractivity contribution in [2.45, 2.75) is 20.3 Å². The van der Waals surface area contributed by atoms with Crippen LogP contribution in [0.15, 0.2) is 24.3 Å². The van der Waals surface area contributed by atoms with E-state index in [2.05, 4.69) is 53.6 Å². The molecule has 1 aromatic carbocycles. The van der Waals surface area contributed by atoms with Gasteiger partial charge < -0.3 is 15.5 Å². The van der Waals surface area contributed by atoms with Crippen LogP contribution in [0.25, 0.3) is 21.0 Å². The molecule has 148 valence electrons. The normalized spacial score (nSPS) is 17.1. The van der Waals surface area contributed by atoms with Gasteiger partial charge in [0.15, 0.2) is 6.29 Å². The third-order valence-electron chi connectivity index (χ3n) is 5.81. The number of carbonyl (C=O) groups is 1. The van der Waals surface area contributed by atoms with Gasteiger partial charge in [-0.25, -0.2) is 4.98 Å². The quantitative estimate of drug-likeness (QED) is 0.459. The van der Waals surface area contributed by atoms with Crippen LogP contribution in [0.5, 0.6) is 0 Å². The number of aromatic nitrogens is 1. The fraction of sp³-hybridized carbons (Fsp3) is 0.455. The first-order chi connectivity index (χ1) is 13.6. The number of nitrogens with zero attached hydrogens (tertiary/aromatic N) is 2. The van der Waals surface area contributed by atoms with Crippen molar-refractivity contribution in [2.75, 3.05) is 43.4 Å². The van der Waals surface area contributed by atoms with Gasteiger partial charge in [-0.2, -0.15) is 0 Å². The van der Waals surface area contributed by atoms with E-state index in [4.69, 9.17) is 4.98 Å². The number of aldehydes is 1. The van der Waals surface area contributed by atoms with Crippen molar-refractivity contribution < 1.29 is 4.79 Å². The molecule has 4 rings (SSSR count). The summed E-state index contributed by atoms with van der Waals surface area (Å²) in [5.74, 6) is 2.52. The maximum Gasteiger partial charge on any atom is 0.162 e. The number of nitrogens with one attached hydrogen (secondary N) is 2. The number of fused-ring (bicyclic) bond motifs is 3. The molecular formula is C22H28N4OS. The van der Waals surface area contributed by atoms with Crippen molar-refractivity contribution >= 4 is 50.1 Å². The zero-order chi connectivity index (χ0) is 19.7. The summed E-state index contributed by atoms with van der Waals surface area (Å²) in [4.78, 5) is 19.7. The summed E-state index contributed by atoms with van der Waals surface area (Å²) < 4.78 is 1.12. The highest BCUT2D eigenvalue weighted by molar-refractivity contribution is 7.21. The Labute approximate surface area is 170 Å².